The number of aromatic nitrogens is 1. The normalized spacial score (nSPS) is 21.6. The second-order valence-corrected chi connectivity index (χ2v) is 8.87. The summed E-state index contributed by atoms with van der Waals surface area (Å²) in [6, 6.07) is -0.774. The average molecular weight is 463 g/mol. The Kier molecular flexibility index (Phi) is 6.42. The summed E-state index contributed by atoms with van der Waals surface area (Å²) in [5.74, 6) is -0.989. The molecule has 3 aliphatic rings. The van der Waals surface area contributed by atoms with E-state index in [1.54, 1.807) is 27.9 Å². The van der Waals surface area contributed by atoms with Crippen LogP contribution >= 0.6 is 11.3 Å². The van der Waals surface area contributed by atoms with Gasteiger partial charge in [-0.05, 0) is 12.8 Å². The zero-order chi connectivity index (χ0) is 22.8. The van der Waals surface area contributed by atoms with Crippen LogP contribution in [-0.2, 0) is 14.3 Å². The molecular weight excluding hydrogens is 436 g/mol. The van der Waals surface area contributed by atoms with Crippen molar-refractivity contribution in [3.8, 4) is 0 Å². The molecule has 12 heteroatoms. The van der Waals surface area contributed by atoms with Crippen LogP contribution in [0.5, 0.6) is 0 Å². The lowest BCUT2D eigenvalue weighted by atomic mass is 10.1. The molecule has 3 heterocycles. The molecule has 0 radical (unpaired) electrons. The summed E-state index contributed by atoms with van der Waals surface area (Å²) in [4.78, 5) is 50.8. The minimum Gasteiger partial charge on any atom is -0.480 e. The number of hydrogen-bond acceptors (Lipinski definition) is 9. The number of carboxylic acids is 1. The SMILES string of the molecule is COC(=O)C1=C(CN2CCN(C(=O)N(C)C3CC3)C[C@H]2C(=O)O)NC(c2nccs2)=NC1. The van der Waals surface area contributed by atoms with Gasteiger partial charge in [0.2, 0.25) is 0 Å². The van der Waals surface area contributed by atoms with E-state index >= 15 is 0 Å². The van der Waals surface area contributed by atoms with E-state index in [0.717, 1.165) is 12.8 Å². The number of amides is 2. The number of carbonyl (C=O) groups excluding carboxylic acids is 2. The number of hydrogen-bond donors (Lipinski definition) is 2. The molecule has 172 valence electrons. The van der Waals surface area contributed by atoms with Gasteiger partial charge in [-0.25, -0.2) is 14.6 Å². The fourth-order valence-corrected chi connectivity index (χ4v) is 4.48. The van der Waals surface area contributed by atoms with Crippen molar-refractivity contribution in [1.29, 1.82) is 0 Å². The Morgan fingerprint density at radius 1 is 1.34 bits per heavy atom. The van der Waals surface area contributed by atoms with Gasteiger partial charge in [0.1, 0.15) is 6.04 Å². The van der Waals surface area contributed by atoms with Crippen molar-refractivity contribution < 1.29 is 24.2 Å². The summed E-state index contributed by atoms with van der Waals surface area (Å²) < 4.78 is 4.90. The standard InChI is InChI=1S/C20H26N6O5S/c1-24(12-3-4-12)20(30)26-7-6-25(15(11-26)18(27)28)10-14-13(19(29)31-2)9-22-16(23-14)17-21-5-8-32-17/h5,8,12,15H,3-4,6-7,9-11H2,1-2H3,(H,22,23)(H,27,28)/t15-/m0/s1. The molecule has 1 atom stereocenters. The van der Waals surface area contributed by atoms with Gasteiger partial charge in [-0.3, -0.25) is 14.7 Å². The van der Waals surface area contributed by atoms with E-state index < -0.39 is 18.0 Å². The quantitative estimate of drug-likeness (QED) is 0.574. The first-order valence-electron chi connectivity index (χ1n) is 10.4. The minimum atomic E-state index is -1.01. The first-order chi connectivity index (χ1) is 15.4. The van der Waals surface area contributed by atoms with Crippen molar-refractivity contribution in [3.05, 3.63) is 27.9 Å². The maximum atomic E-state index is 12.7. The van der Waals surface area contributed by atoms with Crippen LogP contribution in [-0.4, -0.2) is 108 Å². The van der Waals surface area contributed by atoms with Crippen LogP contribution < -0.4 is 5.32 Å². The van der Waals surface area contributed by atoms with E-state index in [9.17, 15) is 19.5 Å². The summed E-state index contributed by atoms with van der Waals surface area (Å²) in [6.45, 7) is 1.16. The highest BCUT2D eigenvalue weighted by atomic mass is 32.1. The van der Waals surface area contributed by atoms with E-state index in [-0.39, 0.29) is 31.7 Å². The predicted octanol–water partition coefficient (Wildman–Crippen LogP) is 0.205. The summed E-state index contributed by atoms with van der Waals surface area (Å²) in [5, 5.41) is 15.5. The number of esters is 1. The van der Waals surface area contributed by atoms with Gasteiger partial charge in [-0.15, -0.1) is 11.3 Å². The van der Waals surface area contributed by atoms with Gasteiger partial charge in [0.05, 0.1) is 19.2 Å². The van der Waals surface area contributed by atoms with E-state index in [1.807, 2.05) is 5.38 Å². The van der Waals surface area contributed by atoms with Gasteiger partial charge in [0, 0.05) is 56.5 Å². The van der Waals surface area contributed by atoms with Crippen LogP contribution in [0.2, 0.25) is 0 Å². The topological polar surface area (TPSA) is 128 Å². The Labute approximate surface area is 189 Å². The Morgan fingerprint density at radius 3 is 2.75 bits per heavy atom. The molecule has 11 nitrogen and oxygen atoms in total. The van der Waals surface area contributed by atoms with E-state index in [4.69, 9.17) is 4.74 Å². The number of ether oxygens (including phenoxy) is 1. The van der Waals surface area contributed by atoms with Gasteiger partial charge < -0.3 is 25.0 Å². The number of aliphatic imine (C=N–C) groups is 1. The zero-order valence-corrected chi connectivity index (χ0v) is 18.8. The van der Waals surface area contributed by atoms with Crippen molar-refractivity contribution in [3.63, 3.8) is 0 Å². The molecule has 1 saturated heterocycles. The fourth-order valence-electron chi connectivity index (χ4n) is 3.88. The molecule has 0 spiro atoms. The number of nitrogens with zero attached hydrogens (tertiary/aromatic N) is 5. The first kappa shape index (κ1) is 22.2. The van der Waals surface area contributed by atoms with Crippen molar-refractivity contribution in [2.45, 2.75) is 24.9 Å². The monoisotopic (exact) mass is 462 g/mol. The molecule has 4 rings (SSSR count). The Morgan fingerprint density at radius 2 is 2.12 bits per heavy atom. The number of urea groups is 1. The number of rotatable bonds is 6. The van der Waals surface area contributed by atoms with E-state index in [2.05, 4.69) is 15.3 Å². The van der Waals surface area contributed by atoms with Gasteiger partial charge in [-0.2, -0.15) is 0 Å². The molecule has 2 aliphatic heterocycles. The van der Waals surface area contributed by atoms with Crippen LogP contribution in [0.15, 0.2) is 27.8 Å². The second kappa shape index (κ2) is 9.25. The van der Waals surface area contributed by atoms with Crippen LogP contribution in [0.1, 0.15) is 17.8 Å². The predicted molar refractivity (Wildman–Crippen MR) is 116 cm³/mol. The van der Waals surface area contributed by atoms with Crippen molar-refractivity contribution in [1.82, 2.24) is 25.0 Å². The maximum Gasteiger partial charge on any atom is 0.337 e. The van der Waals surface area contributed by atoms with Gasteiger partial charge in [0.15, 0.2) is 10.8 Å². The van der Waals surface area contributed by atoms with Crippen LogP contribution in [0.25, 0.3) is 0 Å². The third-order valence-corrected chi connectivity index (χ3v) is 6.68. The number of thiazole rings is 1. The molecule has 2 N–H and O–H groups in total. The van der Waals surface area contributed by atoms with Gasteiger partial charge >= 0.3 is 18.0 Å². The van der Waals surface area contributed by atoms with Crippen LogP contribution in [0.4, 0.5) is 4.79 Å². The number of carboxylic acid groups (broad SMARTS) is 1. The maximum absolute atomic E-state index is 12.7. The Balaban J connectivity index is 1.50. The largest absolute Gasteiger partial charge is 0.480 e. The van der Waals surface area contributed by atoms with Crippen molar-refractivity contribution in [2.75, 3.05) is 46.9 Å². The molecule has 0 bridgehead atoms. The molecule has 1 saturated carbocycles. The third-order valence-electron chi connectivity index (χ3n) is 5.90. The van der Waals surface area contributed by atoms with E-state index in [0.29, 0.717) is 35.2 Å². The number of piperazine rings is 1. The van der Waals surface area contributed by atoms with Crippen LogP contribution in [0.3, 0.4) is 0 Å². The average Bonchev–Trinajstić information content (AvgIpc) is 3.51. The second-order valence-electron chi connectivity index (χ2n) is 7.97. The molecule has 1 aromatic rings. The molecule has 1 aliphatic carbocycles. The lowest BCUT2D eigenvalue weighted by Gasteiger charge is -2.41. The molecule has 0 unspecified atom stereocenters. The van der Waals surface area contributed by atoms with E-state index in [1.165, 1.54) is 18.4 Å². The number of aliphatic carboxylic acids is 1. The van der Waals surface area contributed by atoms with Crippen molar-refractivity contribution in [2.24, 2.45) is 4.99 Å². The minimum absolute atomic E-state index is 0.0828. The number of carbonyl (C=O) groups is 3. The Hall–Kier alpha value is -2.99. The summed E-state index contributed by atoms with van der Waals surface area (Å²) in [5.41, 5.74) is 0.891. The highest BCUT2D eigenvalue weighted by Gasteiger charge is 2.39. The molecule has 0 aromatic carbocycles. The third kappa shape index (κ3) is 4.60. The highest BCUT2D eigenvalue weighted by molar-refractivity contribution is 7.11. The van der Waals surface area contributed by atoms with Crippen LogP contribution in [0, 0.1) is 0 Å². The smallest absolute Gasteiger partial charge is 0.337 e. The molecule has 2 fully saturated rings. The fraction of sp³-hybridized carbons (Fsp3) is 0.550. The Bertz CT molecular complexity index is 958. The van der Waals surface area contributed by atoms with Gasteiger partial charge in [0.25, 0.3) is 0 Å². The zero-order valence-electron chi connectivity index (χ0n) is 18.0. The molecule has 1 aromatic heterocycles. The first-order valence-corrected chi connectivity index (χ1v) is 11.3. The number of methoxy groups -OCH3 is 1. The summed E-state index contributed by atoms with van der Waals surface area (Å²) in [7, 11) is 3.06. The lowest BCUT2D eigenvalue weighted by molar-refractivity contribution is -0.145. The molecular formula is C20H26N6O5S. The summed E-state index contributed by atoms with van der Waals surface area (Å²) in [6.07, 6.45) is 3.64. The summed E-state index contributed by atoms with van der Waals surface area (Å²) >= 11 is 1.41. The van der Waals surface area contributed by atoms with Gasteiger partial charge in [-0.1, -0.05) is 0 Å². The molecule has 2 amide bonds. The number of nitrogens with one attached hydrogen (secondary N) is 1. The highest BCUT2D eigenvalue weighted by Crippen LogP contribution is 2.27. The molecule has 32 heavy (non-hydrogen) atoms. The number of amidine groups is 1. The lowest BCUT2D eigenvalue weighted by Crippen LogP contribution is -2.60. The van der Waals surface area contributed by atoms with Crippen molar-refractivity contribution >= 4 is 35.1 Å².